The lowest BCUT2D eigenvalue weighted by Gasteiger charge is -2.15. The highest BCUT2D eigenvalue weighted by Gasteiger charge is 2.12. The number of hydrogen-bond donors (Lipinski definition) is 1. The average Bonchev–Trinajstić information content (AvgIpc) is 2.37. The van der Waals surface area contributed by atoms with Crippen molar-refractivity contribution in [2.24, 2.45) is 5.73 Å². The summed E-state index contributed by atoms with van der Waals surface area (Å²) in [5, 5.41) is 0. The van der Waals surface area contributed by atoms with Gasteiger partial charge < -0.3 is 10.5 Å². The Hall–Kier alpha value is -1.87. The van der Waals surface area contributed by atoms with Gasteiger partial charge >= 0.3 is 0 Å². The minimum Gasteiger partial charge on any atom is -0.497 e. The summed E-state index contributed by atoms with van der Waals surface area (Å²) in [5.74, 6) is 0.572. The van der Waals surface area contributed by atoms with Gasteiger partial charge in [0.05, 0.1) is 7.11 Å². The van der Waals surface area contributed by atoms with E-state index in [1.165, 1.54) is 0 Å². The molecule has 2 rings (SSSR count). The molecule has 0 bridgehead atoms. The van der Waals surface area contributed by atoms with Crippen molar-refractivity contribution in [3.05, 3.63) is 52.8 Å². The molecule has 0 heterocycles. The molecule has 19 heavy (non-hydrogen) atoms. The highest BCUT2D eigenvalue weighted by molar-refractivity contribution is 5.74. The van der Waals surface area contributed by atoms with Crippen LogP contribution in [-0.4, -0.2) is 7.11 Å². The fraction of sp³-hybridized carbons (Fsp3) is 0.250. The van der Waals surface area contributed by atoms with Gasteiger partial charge in [-0.3, -0.25) is 0 Å². The fourth-order valence-electron chi connectivity index (χ4n) is 2.45. The molecule has 0 atom stereocenters. The van der Waals surface area contributed by atoms with Crippen LogP contribution in [0.5, 0.6) is 5.75 Å². The third-order valence-corrected chi connectivity index (χ3v) is 3.30. The van der Waals surface area contributed by atoms with E-state index in [1.54, 1.807) is 19.2 Å². The lowest BCUT2D eigenvalue weighted by Crippen LogP contribution is -2.02. The van der Waals surface area contributed by atoms with Crippen LogP contribution >= 0.6 is 0 Å². The zero-order valence-electron chi connectivity index (χ0n) is 11.5. The number of halogens is 1. The summed E-state index contributed by atoms with van der Waals surface area (Å²) in [5.41, 5.74) is 10.7. The molecule has 0 aliphatic heterocycles. The number of nitrogens with two attached hydrogens (primary N) is 1. The van der Waals surface area contributed by atoms with E-state index in [-0.39, 0.29) is 5.82 Å². The predicted molar refractivity (Wildman–Crippen MR) is 75.8 cm³/mol. The van der Waals surface area contributed by atoms with Crippen LogP contribution < -0.4 is 10.5 Å². The molecular formula is C16H18FNO. The van der Waals surface area contributed by atoms with E-state index in [0.29, 0.717) is 6.54 Å². The first-order valence-electron chi connectivity index (χ1n) is 6.21. The first-order valence-corrected chi connectivity index (χ1v) is 6.21. The van der Waals surface area contributed by atoms with Crippen molar-refractivity contribution in [2.45, 2.75) is 20.4 Å². The molecule has 0 aromatic heterocycles. The van der Waals surface area contributed by atoms with Gasteiger partial charge in [0.25, 0.3) is 0 Å². The van der Waals surface area contributed by atoms with Crippen LogP contribution in [0.1, 0.15) is 16.7 Å². The van der Waals surface area contributed by atoms with Gasteiger partial charge in [0.2, 0.25) is 0 Å². The Morgan fingerprint density at radius 3 is 2.26 bits per heavy atom. The van der Waals surface area contributed by atoms with Crippen molar-refractivity contribution >= 4 is 0 Å². The Bertz CT molecular complexity index is 585. The van der Waals surface area contributed by atoms with E-state index in [9.17, 15) is 4.39 Å². The number of rotatable bonds is 3. The maximum Gasteiger partial charge on any atom is 0.123 e. The Morgan fingerprint density at radius 1 is 1.11 bits per heavy atom. The average molecular weight is 259 g/mol. The third-order valence-electron chi connectivity index (χ3n) is 3.30. The fourth-order valence-corrected chi connectivity index (χ4v) is 2.45. The largest absolute Gasteiger partial charge is 0.497 e. The lowest BCUT2D eigenvalue weighted by atomic mass is 9.92. The topological polar surface area (TPSA) is 35.2 Å². The molecule has 2 N–H and O–H groups in total. The molecule has 0 saturated carbocycles. The van der Waals surface area contributed by atoms with Gasteiger partial charge in [0.1, 0.15) is 11.6 Å². The second-order valence-electron chi connectivity index (χ2n) is 4.64. The number of benzene rings is 2. The van der Waals surface area contributed by atoms with Crippen LogP contribution in [0.15, 0.2) is 30.3 Å². The van der Waals surface area contributed by atoms with Crippen molar-refractivity contribution in [3.63, 3.8) is 0 Å². The highest BCUT2D eigenvalue weighted by Crippen LogP contribution is 2.32. The quantitative estimate of drug-likeness (QED) is 0.914. The van der Waals surface area contributed by atoms with Crippen LogP contribution in [0, 0.1) is 19.7 Å². The van der Waals surface area contributed by atoms with E-state index in [4.69, 9.17) is 10.5 Å². The molecule has 0 aliphatic carbocycles. The summed E-state index contributed by atoms with van der Waals surface area (Å²) >= 11 is 0. The van der Waals surface area contributed by atoms with Crippen molar-refractivity contribution in [3.8, 4) is 16.9 Å². The van der Waals surface area contributed by atoms with Gasteiger partial charge in [0.15, 0.2) is 0 Å². The van der Waals surface area contributed by atoms with Crippen molar-refractivity contribution in [1.82, 2.24) is 0 Å². The van der Waals surface area contributed by atoms with Gasteiger partial charge in [-0.15, -0.1) is 0 Å². The highest BCUT2D eigenvalue weighted by atomic mass is 19.1. The number of methoxy groups -OCH3 is 1. The SMILES string of the molecule is COc1ccc(-c2c(C)cc(F)cc2C)c(CN)c1. The summed E-state index contributed by atoms with van der Waals surface area (Å²) in [6.07, 6.45) is 0. The third kappa shape index (κ3) is 2.61. The van der Waals surface area contributed by atoms with Gasteiger partial charge in [-0.25, -0.2) is 4.39 Å². The molecular weight excluding hydrogens is 241 g/mol. The van der Waals surface area contributed by atoms with Crippen LogP contribution in [0.4, 0.5) is 4.39 Å². The van der Waals surface area contributed by atoms with Gasteiger partial charge in [0, 0.05) is 6.54 Å². The van der Waals surface area contributed by atoms with E-state index < -0.39 is 0 Å². The smallest absolute Gasteiger partial charge is 0.123 e. The molecule has 0 fully saturated rings. The predicted octanol–water partition coefficient (Wildman–Crippen LogP) is 3.58. The second-order valence-corrected chi connectivity index (χ2v) is 4.64. The summed E-state index contributed by atoms with van der Waals surface area (Å²) in [7, 11) is 1.63. The molecule has 2 nitrogen and oxygen atoms in total. The Kier molecular flexibility index (Phi) is 3.86. The van der Waals surface area contributed by atoms with Crippen molar-refractivity contribution < 1.29 is 9.13 Å². The number of ether oxygens (including phenoxy) is 1. The van der Waals surface area contributed by atoms with Crippen molar-refractivity contribution in [2.75, 3.05) is 7.11 Å². The molecule has 0 spiro atoms. The molecule has 0 aliphatic rings. The summed E-state index contributed by atoms with van der Waals surface area (Å²) in [6, 6.07) is 8.91. The molecule has 0 radical (unpaired) electrons. The summed E-state index contributed by atoms with van der Waals surface area (Å²) in [4.78, 5) is 0. The van der Waals surface area contributed by atoms with Crippen molar-refractivity contribution in [1.29, 1.82) is 0 Å². The molecule has 3 heteroatoms. The van der Waals surface area contributed by atoms with Crippen LogP contribution in [0.25, 0.3) is 11.1 Å². The molecule has 0 unspecified atom stereocenters. The molecule has 100 valence electrons. The summed E-state index contributed by atoms with van der Waals surface area (Å²) in [6.45, 7) is 4.24. The second kappa shape index (κ2) is 5.41. The van der Waals surface area contributed by atoms with Crippen LogP contribution in [0.2, 0.25) is 0 Å². The van der Waals surface area contributed by atoms with Gasteiger partial charge in [-0.2, -0.15) is 0 Å². The summed E-state index contributed by atoms with van der Waals surface area (Å²) < 4.78 is 18.6. The van der Waals surface area contributed by atoms with E-state index >= 15 is 0 Å². The Balaban J connectivity index is 2.65. The number of hydrogen-bond acceptors (Lipinski definition) is 2. The molecule has 0 saturated heterocycles. The molecule has 2 aromatic rings. The minimum absolute atomic E-state index is 0.207. The van der Waals surface area contributed by atoms with Gasteiger partial charge in [-0.05, 0) is 65.9 Å². The van der Waals surface area contributed by atoms with Gasteiger partial charge in [-0.1, -0.05) is 6.07 Å². The standard InChI is InChI=1S/C16H18FNO/c1-10-6-13(17)7-11(2)16(10)15-5-4-14(19-3)8-12(15)9-18/h4-8H,9,18H2,1-3H3. The minimum atomic E-state index is -0.207. The van der Waals surface area contributed by atoms with Crippen LogP contribution in [-0.2, 0) is 6.54 Å². The maximum atomic E-state index is 13.4. The first kappa shape index (κ1) is 13.6. The van der Waals surface area contributed by atoms with E-state index in [1.807, 2.05) is 32.0 Å². The lowest BCUT2D eigenvalue weighted by molar-refractivity contribution is 0.414. The normalized spacial score (nSPS) is 10.6. The van der Waals surface area contributed by atoms with Crippen LogP contribution in [0.3, 0.4) is 0 Å². The van der Waals surface area contributed by atoms with E-state index in [0.717, 1.165) is 33.6 Å². The molecule has 0 amide bonds. The Labute approximate surface area is 113 Å². The molecule has 2 aromatic carbocycles. The first-order chi connectivity index (χ1) is 9.06. The zero-order valence-corrected chi connectivity index (χ0v) is 11.5. The zero-order chi connectivity index (χ0) is 14.0. The number of aryl methyl sites for hydroxylation is 2. The monoisotopic (exact) mass is 259 g/mol. The maximum absolute atomic E-state index is 13.4. The van der Waals surface area contributed by atoms with E-state index in [2.05, 4.69) is 0 Å². The Morgan fingerprint density at radius 2 is 1.74 bits per heavy atom.